The van der Waals surface area contributed by atoms with Crippen LogP contribution in [0.3, 0.4) is 0 Å². The third-order valence-corrected chi connectivity index (χ3v) is 2.99. The molecule has 0 radical (unpaired) electrons. The highest BCUT2D eigenvalue weighted by atomic mass is 16.3. The van der Waals surface area contributed by atoms with Crippen LogP contribution in [0.4, 0.5) is 0 Å². The Balaban J connectivity index is 3.75. The van der Waals surface area contributed by atoms with Gasteiger partial charge in [0.1, 0.15) is 0 Å². The van der Waals surface area contributed by atoms with Gasteiger partial charge < -0.3 is 15.3 Å². The number of aliphatic hydroxyl groups is 1. The number of hydrogen-bond acceptors (Lipinski definition) is 3. The molecule has 96 valence electrons. The van der Waals surface area contributed by atoms with Gasteiger partial charge >= 0.3 is 0 Å². The topological polar surface area (TPSA) is 52.6 Å². The quantitative estimate of drug-likeness (QED) is 0.650. The smallest absolute Gasteiger partial charge is 0.236 e. The number of rotatable bonds is 8. The van der Waals surface area contributed by atoms with Crippen LogP contribution >= 0.6 is 0 Å². The minimum absolute atomic E-state index is 0.119. The maximum atomic E-state index is 11.6. The van der Waals surface area contributed by atoms with E-state index in [1.165, 1.54) is 0 Å². The van der Waals surface area contributed by atoms with Crippen molar-refractivity contribution in [3.05, 3.63) is 0 Å². The summed E-state index contributed by atoms with van der Waals surface area (Å²) in [5, 5.41) is 12.0. The third kappa shape index (κ3) is 6.08. The normalized spacial score (nSPS) is 12.9. The van der Waals surface area contributed by atoms with Crippen LogP contribution < -0.4 is 5.32 Å². The molecular weight excluding hydrogens is 204 g/mol. The summed E-state index contributed by atoms with van der Waals surface area (Å²) in [7, 11) is 1.82. The molecule has 0 aromatic carbocycles. The van der Waals surface area contributed by atoms with Gasteiger partial charge in [0.25, 0.3) is 0 Å². The van der Waals surface area contributed by atoms with E-state index >= 15 is 0 Å². The number of nitrogens with zero attached hydrogens (tertiary/aromatic N) is 1. The molecule has 2 N–H and O–H groups in total. The van der Waals surface area contributed by atoms with E-state index in [-0.39, 0.29) is 18.6 Å². The molecule has 0 aliphatic heterocycles. The van der Waals surface area contributed by atoms with E-state index < -0.39 is 0 Å². The Morgan fingerprint density at radius 1 is 1.44 bits per heavy atom. The van der Waals surface area contributed by atoms with Crippen molar-refractivity contribution in [2.45, 2.75) is 39.7 Å². The van der Waals surface area contributed by atoms with Gasteiger partial charge in [-0.25, -0.2) is 0 Å². The van der Waals surface area contributed by atoms with E-state index in [4.69, 9.17) is 5.11 Å². The molecule has 0 aliphatic carbocycles. The molecule has 0 spiro atoms. The summed E-state index contributed by atoms with van der Waals surface area (Å²) in [5.41, 5.74) is 0. The Labute approximate surface area is 99.0 Å². The monoisotopic (exact) mass is 230 g/mol. The number of hydrogen-bond donors (Lipinski definition) is 2. The first-order valence-corrected chi connectivity index (χ1v) is 6.10. The summed E-state index contributed by atoms with van der Waals surface area (Å²) < 4.78 is 0. The van der Waals surface area contributed by atoms with Gasteiger partial charge in [0.2, 0.25) is 5.91 Å². The van der Waals surface area contributed by atoms with Crippen LogP contribution in [0.15, 0.2) is 0 Å². The molecule has 0 fully saturated rings. The van der Waals surface area contributed by atoms with Gasteiger partial charge in [-0.15, -0.1) is 0 Å². The highest BCUT2D eigenvalue weighted by Gasteiger charge is 2.12. The molecule has 4 heteroatoms. The van der Waals surface area contributed by atoms with Crippen molar-refractivity contribution in [3.63, 3.8) is 0 Å². The fourth-order valence-corrected chi connectivity index (χ4v) is 1.43. The molecule has 0 rings (SSSR count). The molecule has 1 unspecified atom stereocenters. The zero-order valence-electron chi connectivity index (χ0n) is 11.0. The molecule has 0 saturated carbocycles. The fraction of sp³-hybridized carbons (Fsp3) is 0.917. The Morgan fingerprint density at radius 3 is 2.50 bits per heavy atom. The Bertz CT molecular complexity index is 195. The summed E-state index contributed by atoms with van der Waals surface area (Å²) in [6.45, 7) is 7.51. The van der Waals surface area contributed by atoms with Gasteiger partial charge in [-0.1, -0.05) is 13.3 Å². The second kappa shape index (κ2) is 8.53. The molecule has 0 saturated heterocycles. The molecule has 0 bridgehead atoms. The van der Waals surface area contributed by atoms with Crippen molar-refractivity contribution in [1.82, 2.24) is 10.2 Å². The van der Waals surface area contributed by atoms with Crippen LogP contribution in [-0.4, -0.2) is 48.7 Å². The van der Waals surface area contributed by atoms with Gasteiger partial charge in [-0.2, -0.15) is 0 Å². The van der Waals surface area contributed by atoms with Crippen molar-refractivity contribution in [3.8, 4) is 0 Å². The molecule has 0 aliphatic rings. The van der Waals surface area contributed by atoms with Crippen LogP contribution in [0, 0.1) is 5.92 Å². The lowest BCUT2D eigenvalue weighted by Crippen LogP contribution is -2.40. The average molecular weight is 230 g/mol. The number of carbonyl (C=O) groups is 1. The predicted molar refractivity (Wildman–Crippen MR) is 66.3 cm³/mol. The Morgan fingerprint density at radius 2 is 2.06 bits per heavy atom. The zero-order chi connectivity index (χ0) is 12.6. The number of aliphatic hydroxyl groups excluding tert-OH is 1. The molecule has 0 heterocycles. The van der Waals surface area contributed by atoms with Crippen molar-refractivity contribution < 1.29 is 9.90 Å². The van der Waals surface area contributed by atoms with Gasteiger partial charge in [0.05, 0.1) is 6.54 Å². The van der Waals surface area contributed by atoms with Crippen molar-refractivity contribution in [1.29, 1.82) is 0 Å². The predicted octanol–water partition coefficient (Wildman–Crippen LogP) is 0.851. The van der Waals surface area contributed by atoms with Crippen LogP contribution in [0.2, 0.25) is 0 Å². The molecule has 0 aromatic rings. The highest BCUT2D eigenvalue weighted by molar-refractivity contribution is 5.78. The number of nitrogens with one attached hydrogen (secondary N) is 1. The first kappa shape index (κ1) is 15.4. The van der Waals surface area contributed by atoms with Crippen LogP contribution in [0.1, 0.15) is 33.6 Å². The molecule has 0 aromatic heterocycles. The standard InChI is InChI=1S/C12H26N2O2/c1-5-11(6-7-15)8-13-9-12(16)14(4)10(2)3/h10-11,13,15H,5-9H2,1-4H3. The maximum Gasteiger partial charge on any atom is 0.236 e. The lowest BCUT2D eigenvalue weighted by molar-refractivity contribution is -0.130. The summed E-state index contributed by atoms with van der Waals surface area (Å²) in [4.78, 5) is 13.4. The van der Waals surface area contributed by atoms with E-state index in [0.29, 0.717) is 12.5 Å². The zero-order valence-corrected chi connectivity index (χ0v) is 11.0. The first-order valence-electron chi connectivity index (χ1n) is 6.10. The summed E-state index contributed by atoms with van der Waals surface area (Å²) >= 11 is 0. The number of likely N-dealkylation sites (N-methyl/N-ethyl adjacent to an activating group) is 1. The second-order valence-electron chi connectivity index (χ2n) is 4.52. The minimum Gasteiger partial charge on any atom is -0.396 e. The molecular formula is C12H26N2O2. The number of carbonyl (C=O) groups excluding carboxylic acids is 1. The molecule has 16 heavy (non-hydrogen) atoms. The van der Waals surface area contributed by atoms with Crippen LogP contribution in [0.25, 0.3) is 0 Å². The lowest BCUT2D eigenvalue weighted by Gasteiger charge is -2.22. The first-order chi connectivity index (χ1) is 7.52. The van der Waals surface area contributed by atoms with Crippen LogP contribution in [0.5, 0.6) is 0 Å². The van der Waals surface area contributed by atoms with E-state index in [9.17, 15) is 4.79 Å². The van der Waals surface area contributed by atoms with Gasteiger partial charge in [-0.05, 0) is 32.7 Å². The van der Waals surface area contributed by atoms with Gasteiger partial charge in [0.15, 0.2) is 0 Å². The van der Waals surface area contributed by atoms with E-state index in [2.05, 4.69) is 12.2 Å². The SMILES string of the molecule is CCC(CCO)CNCC(=O)N(C)C(C)C. The summed E-state index contributed by atoms with van der Waals surface area (Å²) in [6, 6.07) is 0.244. The van der Waals surface area contributed by atoms with Gasteiger partial charge in [-0.3, -0.25) is 4.79 Å². The van der Waals surface area contributed by atoms with Crippen LogP contribution in [-0.2, 0) is 4.79 Å². The van der Waals surface area contributed by atoms with Crippen molar-refractivity contribution >= 4 is 5.91 Å². The van der Waals surface area contributed by atoms with E-state index in [1.807, 2.05) is 20.9 Å². The van der Waals surface area contributed by atoms with Gasteiger partial charge in [0, 0.05) is 19.7 Å². The summed E-state index contributed by atoms with van der Waals surface area (Å²) in [6.07, 6.45) is 1.83. The molecule has 1 amide bonds. The molecule has 4 nitrogen and oxygen atoms in total. The Hall–Kier alpha value is -0.610. The Kier molecular flexibility index (Phi) is 8.21. The molecule has 1 atom stereocenters. The van der Waals surface area contributed by atoms with E-state index in [0.717, 1.165) is 19.4 Å². The van der Waals surface area contributed by atoms with E-state index in [1.54, 1.807) is 4.90 Å². The average Bonchev–Trinajstić information content (AvgIpc) is 2.26. The fourth-order valence-electron chi connectivity index (χ4n) is 1.43. The third-order valence-electron chi connectivity index (χ3n) is 2.99. The van der Waals surface area contributed by atoms with Crippen molar-refractivity contribution in [2.75, 3.05) is 26.7 Å². The lowest BCUT2D eigenvalue weighted by atomic mass is 10.0. The summed E-state index contributed by atoms with van der Waals surface area (Å²) in [5.74, 6) is 0.580. The van der Waals surface area contributed by atoms with Crippen molar-refractivity contribution in [2.24, 2.45) is 5.92 Å². The highest BCUT2D eigenvalue weighted by Crippen LogP contribution is 2.05. The number of amides is 1. The second-order valence-corrected chi connectivity index (χ2v) is 4.52. The largest absolute Gasteiger partial charge is 0.396 e. The minimum atomic E-state index is 0.119. The maximum absolute atomic E-state index is 11.6.